The lowest BCUT2D eigenvalue weighted by Gasteiger charge is -2.39. The molecule has 546 valence electrons. The molecule has 8 amide bonds. The van der Waals surface area contributed by atoms with E-state index in [0.717, 1.165) is 22.5 Å². The van der Waals surface area contributed by atoms with Gasteiger partial charge in [0.1, 0.15) is 42.5 Å². The van der Waals surface area contributed by atoms with E-state index in [1.165, 1.54) is 42.6 Å². The molecule has 1 saturated heterocycles. The number of benzene rings is 5. The van der Waals surface area contributed by atoms with Crippen molar-refractivity contribution in [3.8, 4) is 11.5 Å². The molecule has 6 aromatic rings. The van der Waals surface area contributed by atoms with Crippen LogP contribution in [0.3, 0.4) is 0 Å². The summed E-state index contributed by atoms with van der Waals surface area (Å²) in [6.45, 7) is 6.91. The average molecular weight is 1470 g/mol. The Morgan fingerprint density at radius 1 is 0.667 bits per heavy atom. The largest absolute Gasteiger partial charge is 0.461 e. The van der Waals surface area contributed by atoms with Gasteiger partial charge in [0.05, 0.1) is 33.2 Å². The van der Waals surface area contributed by atoms with E-state index in [0.29, 0.717) is 76.3 Å². The SMILES string of the molecule is CC(=O)NC(CCCCN)C(=O)CC(C(=O)NC(CCCNC(N)=O)C(=O)Cc1ccc(COC(=O)N(C)CCN(C)C(=O)Oc2cc3c(c4ccccc24)C(CCl)CN3C(=O)c2ccc(C(=O)N3CC(CCl)c4c3cc(OC3OC(C(C)=O)C(O)C(O)C3O)c3ccccc43)s2)cc1)C(C)C. The predicted octanol–water partition coefficient (Wildman–Crippen LogP) is 7.40. The number of likely N-dealkylation sites (N-methyl/N-ethyl adjacent to an activating group) is 2. The molecule has 1 aromatic heterocycles. The number of ketones is 3. The fourth-order valence-corrected chi connectivity index (χ4v) is 14.4. The molecule has 3 aliphatic heterocycles. The number of hydrogen-bond acceptors (Lipinski definition) is 19. The molecular formula is C73H87Cl2N9O17S. The molecule has 1 fully saturated rings. The van der Waals surface area contributed by atoms with Crippen molar-refractivity contribution in [1.29, 1.82) is 0 Å². The Balaban J connectivity index is 0.815. The van der Waals surface area contributed by atoms with Gasteiger partial charge >= 0.3 is 18.2 Å². The zero-order chi connectivity index (χ0) is 73.8. The molecular weight excluding hydrogens is 1380 g/mol. The summed E-state index contributed by atoms with van der Waals surface area (Å²) in [4.78, 5) is 140. The quantitative estimate of drug-likeness (QED) is 0.0155. The van der Waals surface area contributed by atoms with Gasteiger partial charge in [-0.3, -0.25) is 33.6 Å². The van der Waals surface area contributed by atoms with Gasteiger partial charge in [-0.1, -0.05) is 86.6 Å². The molecule has 4 heterocycles. The second-order valence-electron chi connectivity index (χ2n) is 26.3. The standard InChI is InChI=1S/C73H87Cl2N9O17S/c1-39(2)50(31-56(88)51(79-41(4)86)18-11-12-26-76)67(92)80-52(19-13-27-78-71(77)95)55(87)30-42-20-22-43(23-21-42)38-98-72(96)81(5)28-29-82(6)73(97)100-58-33-54-62(49-17-10-8-15-47(49)58)45(35-75)37-84(54)69(94)60-25-24-59(102-60)68(93)83-36-44(34-74)61-48-16-9-7-14-46(48)57(32-53(61)83)99-70-65(91)63(89)64(90)66(101-70)40(3)85/h7-10,14-17,20-25,32-33,39,44-45,50-52,63-66,70,89-91H,11-13,18-19,26-31,34-38,76H2,1-6H3,(H,79,86)(H,80,92)(H3,77,78,95). The summed E-state index contributed by atoms with van der Waals surface area (Å²) in [5, 5.41) is 42.7. The number of amides is 8. The van der Waals surface area contributed by atoms with Crippen molar-refractivity contribution < 1.29 is 82.2 Å². The maximum atomic E-state index is 14.8. The van der Waals surface area contributed by atoms with E-state index < -0.39 is 90.4 Å². The molecule has 102 heavy (non-hydrogen) atoms. The normalized spacial score (nSPS) is 19.3. The molecule has 9 rings (SSSR count). The average Bonchev–Trinajstić information content (AvgIpc) is 1.56. The number of ether oxygens (including phenoxy) is 4. The van der Waals surface area contributed by atoms with Gasteiger partial charge in [0.25, 0.3) is 11.8 Å². The number of urea groups is 1. The van der Waals surface area contributed by atoms with Crippen molar-refractivity contribution in [1.82, 2.24) is 25.8 Å². The lowest BCUT2D eigenvalue weighted by Crippen LogP contribution is -2.60. The number of anilines is 2. The summed E-state index contributed by atoms with van der Waals surface area (Å²) in [7, 11) is 3.02. The number of thiophene rings is 1. The van der Waals surface area contributed by atoms with Crippen molar-refractivity contribution in [3.05, 3.63) is 129 Å². The van der Waals surface area contributed by atoms with Crippen LogP contribution in [0.5, 0.6) is 11.5 Å². The van der Waals surface area contributed by atoms with E-state index in [1.807, 2.05) is 24.3 Å². The highest BCUT2D eigenvalue weighted by atomic mass is 35.5. The van der Waals surface area contributed by atoms with Gasteiger partial charge in [0, 0.05) is 119 Å². The molecule has 10 atom stereocenters. The minimum absolute atomic E-state index is 0.0163. The zero-order valence-electron chi connectivity index (χ0n) is 57.6. The van der Waals surface area contributed by atoms with Crippen molar-refractivity contribution in [3.63, 3.8) is 0 Å². The number of alkyl halides is 2. The molecule has 0 bridgehead atoms. The number of unbranched alkanes of at least 4 members (excludes halogenated alkanes) is 1. The van der Waals surface area contributed by atoms with E-state index in [2.05, 4.69) is 16.0 Å². The second kappa shape index (κ2) is 34.9. The predicted molar refractivity (Wildman–Crippen MR) is 384 cm³/mol. The Labute approximate surface area is 604 Å². The first-order valence-corrected chi connectivity index (χ1v) is 35.7. The van der Waals surface area contributed by atoms with Crippen LogP contribution in [0.15, 0.2) is 97.1 Å². The van der Waals surface area contributed by atoms with Crippen molar-refractivity contribution >= 4 is 127 Å². The number of halogens is 2. The highest BCUT2D eigenvalue weighted by molar-refractivity contribution is 7.16. The van der Waals surface area contributed by atoms with Crippen LogP contribution in [0.2, 0.25) is 0 Å². The summed E-state index contributed by atoms with van der Waals surface area (Å²) in [5.74, 6) is -4.18. The highest BCUT2D eigenvalue weighted by Crippen LogP contribution is 2.49. The molecule has 29 heteroatoms. The Bertz CT molecular complexity index is 4100. The van der Waals surface area contributed by atoms with Gasteiger partial charge in [0.2, 0.25) is 18.1 Å². The van der Waals surface area contributed by atoms with Crippen LogP contribution < -0.4 is 46.7 Å². The number of fused-ring (bicyclic) bond motifs is 6. The maximum absolute atomic E-state index is 14.8. The van der Waals surface area contributed by atoms with Gasteiger partial charge in [-0.15, -0.1) is 34.5 Å². The van der Waals surface area contributed by atoms with Gasteiger partial charge in [-0.25, -0.2) is 14.4 Å². The van der Waals surface area contributed by atoms with E-state index in [1.54, 1.807) is 91.5 Å². The zero-order valence-corrected chi connectivity index (χ0v) is 59.9. The molecule has 10 unspecified atom stereocenters. The minimum Gasteiger partial charge on any atom is -0.461 e. The van der Waals surface area contributed by atoms with Gasteiger partial charge in [-0.05, 0) is 96.6 Å². The monoisotopic (exact) mass is 1460 g/mol. The Hall–Kier alpha value is -8.80. The number of aliphatic hydroxyl groups is 3. The van der Waals surface area contributed by atoms with Crippen LogP contribution >= 0.6 is 34.5 Å². The molecule has 5 aromatic carbocycles. The smallest absolute Gasteiger partial charge is 0.415 e. The number of nitrogens with two attached hydrogens (primary N) is 2. The van der Waals surface area contributed by atoms with E-state index in [-0.39, 0.29) is 127 Å². The van der Waals surface area contributed by atoms with Crippen LogP contribution in [0.1, 0.15) is 120 Å². The Kier molecular flexibility index (Phi) is 26.5. The fourth-order valence-electron chi connectivity index (χ4n) is 13.0. The van der Waals surface area contributed by atoms with Crippen molar-refractivity contribution in [2.75, 3.05) is 74.9 Å². The molecule has 0 aliphatic carbocycles. The van der Waals surface area contributed by atoms with E-state index >= 15 is 0 Å². The summed E-state index contributed by atoms with van der Waals surface area (Å²) >= 11 is 14.2. The third kappa shape index (κ3) is 18.1. The highest BCUT2D eigenvalue weighted by Gasteiger charge is 2.48. The Morgan fingerprint density at radius 2 is 1.20 bits per heavy atom. The molecule has 0 radical (unpaired) electrons. The van der Waals surface area contributed by atoms with Crippen molar-refractivity contribution in [2.24, 2.45) is 23.3 Å². The van der Waals surface area contributed by atoms with Crippen molar-refractivity contribution in [2.45, 2.75) is 134 Å². The molecule has 3 aliphatic rings. The number of nitrogens with one attached hydrogen (secondary N) is 3. The summed E-state index contributed by atoms with van der Waals surface area (Å²) in [5.41, 5.74) is 14.5. The summed E-state index contributed by atoms with van der Waals surface area (Å²) < 4.78 is 23.6. The summed E-state index contributed by atoms with van der Waals surface area (Å²) in [6, 6.07) is 25.1. The number of rotatable bonds is 31. The number of carbonyl (C=O) groups excluding carboxylic acids is 10. The third-order valence-electron chi connectivity index (χ3n) is 18.7. The minimum atomic E-state index is -1.77. The lowest BCUT2D eigenvalue weighted by molar-refractivity contribution is -0.265. The summed E-state index contributed by atoms with van der Waals surface area (Å²) in [6.07, 6.45) is -7.91. The fraction of sp³-hybridized carbons (Fsp3) is 0.452. The molecule has 0 saturated carbocycles. The van der Waals surface area contributed by atoms with Gasteiger partial charge in [0.15, 0.2) is 17.3 Å². The number of nitrogens with zero attached hydrogens (tertiary/aromatic N) is 4. The van der Waals surface area contributed by atoms with Crippen LogP contribution in [-0.4, -0.2) is 192 Å². The molecule has 10 N–H and O–H groups in total. The molecule has 26 nitrogen and oxygen atoms in total. The number of aliphatic hydroxyl groups excluding tert-OH is 3. The van der Waals surface area contributed by atoms with E-state index in [4.69, 9.17) is 53.6 Å². The third-order valence-corrected chi connectivity index (χ3v) is 20.5. The first-order valence-electron chi connectivity index (χ1n) is 33.8. The number of carbonyl (C=O) groups is 10. The first kappa shape index (κ1) is 77.4. The molecule has 0 spiro atoms. The topological polar surface area (TPSA) is 369 Å². The van der Waals surface area contributed by atoms with Crippen LogP contribution in [0.4, 0.5) is 25.8 Å². The van der Waals surface area contributed by atoms with Gasteiger partial charge < -0.3 is 81.3 Å². The van der Waals surface area contributed by atoms with Crippen LogP contribution in [-0.2, 0) is 46.5 Å². The lowest BCUT2D eigenvalue weighted by atomic mass is 9.86. The maximum Gasteiger partial charge on any atom is 0.415 e. The number of hydrogen-bond donors (Lipinski definition) is 8. The first-order chi connectivity index (χ1) is 48.7. The second-order valence-corrected chi connectivity index (χ2v) is 28.0. The number of Topliss-reactive ketones (excluding diaryl/α,β-unsaturated/α-hetero) is 3. The van der Waals surface area contributed by atoms with E-state index in [9.17, 15) is 63.3 Å². The Morgan fingerprint density at radius 3 is 1.74 bits per heavy atom. The van der Waals surface area contributed by atoms with Crippen LogP contribution in [0, 0.1) is 11.8 Å². The van der Waals surface area contributed by atoms with Crippen LogP contribution in [0.25, 0.3) is 21.5 Å². The number of primary amides is 1. The van der Waals surface area contributed by atoms with Gasteiger partial charge in [-0.2, -0.15) is 0 Å².